The van der Waals surface area contributed by atoms with E-state index in [0.29, 0.717) is 29.9 Å². The van der Waals surface area contributed by atoms with Gasteiger partial charge in [0.15, 0.2) is 0 Å². The summed E-state index contributed by atoms with van der Waals surface area (Å²) in [6.07, 6.45) is 3.25. The first kappa shape index (κ1) is 26.9. The summed E-state index contributed by atoms with van der Waals surface area (Å²) in [7, 11) is 0. The molecular formula is C30H32N6O2S. The second-order valence-corrected chi connectivity index (χ2v) is 11.1. The summed E-state index contributed by atoms with van der Waals surface area (Å²) in [5, 5.41) is 12.1. The van der Waals surface area contributed by atoms with E-state index in [1.54, 1.807) is 24.1 Å². The van der Waals surface area contributed by atoms with Gasteiger partial charge in [-0.3, -0.25) is 19.5 Å². The lowest BCUT2D eigenvalue weighted by atomic mass is 10.0. The highest BCUT2D eigenvalue weighted by atomic mass is 32.2. The van der Waals surface area contributed by atoms with Crippen LogP contribution >= 0.6 is 11.9 Å². The Hall–Kier alpha value is -3.71. The Morgan fingerprint density at radius 2 is 1.64 bits per heavy atom. The molecule has 2 aliphatic heterocycles. The number of nitriles is 1. The first-order chi connectivity index (χ1) is 19.1. The quantitative estimate of drug-likeness (QED) is 0.456. The van der Waals surface area contributed by atoms with Gasteiger partial charge in [0.2, 0.25) is 0 Å². The molecule has 2 saturated heterocycles. The van der Waals surface area contributed by atoms with E-state index in [4.69, 9.17) is 5.26 Å². The molecule has 2 amide bonds. The normalized spacial score (nSPS) is 16.9. The zero-order chi connectivity index (χ0) is 27.0. The van der Waals surface area contributed by atoms with Gasteiger partial charge in [0, 0.05) is 62.9 Å². The van der Waals surface area contributed by atoms with Crippen molar-refractivity contribution < 1.29 is 9.59 Å². The number of piperidine rings is 1. The van der Waals surface area contributed by atoms with Gasteiger partial charge in [-0.05, 0) is 66.8 Å². The molecule has 0 unspecified atom stereocenters. The molecule has 5 rings (SSSR count). The Morgan fingerprint density at radius 3 is 2.28 bits per heavy atom. The molecular weight excluding hydrogens is 508 g/mol. The maximum Gasteiger partial charge on any atom is 0.270 e. The number of piperazine rings is 1. The number of nitrogens with zero attached hydrogens (tertiary/aromatic N) is 5. The molecule has 3 aromatic rings. The topological polar surface area (TPSA) is 92.6 Å². The molecule has 0 bridgehead atoms. The van der Waals surface area contributed by atoms with Crippen molar-refractivity contribution in [3.63, 3.8) is 0 Å². The van der Waals surface area contributed by atoms with Crippen LogP contribution in [0.15, 0.2) is 77.8 Å². The summed E-state index contributed by atoms with van der Waals surface area (Å²) < 4.78 is 2.28. The second kappa shape index (κ2) is 12.9. The number of pyridine rings is 1. The van der Waals surface area contributed by atoms with Gasteiger partial charge in [0.1, 0.15) is 5.69 Å². The van der Waals surface area contributed by atoms with Gasteiger partial charge < -0.3 is 10.2 Å². The number of benzene rings is 2. The number of amides is 2. The largest absolute Gasteiger partial charge is 0.348 e. The molecule has 2 aliphatic rings. The van der Waals surface area contributed by atoms with Crippen LogP contribution in [0, 0.1) is 11.3 Å². The molecule has 8 nitrogen and oxygen atoms in total. The molecule has 39 heavy (non-hydrogen) atoms. The third kappa shape index (κ3) is 7.24. The average Bonchev–Trinajstić information content (AvgIpc) is 2.99. The maximum atomic E-state index is 13.0. The van der Waals surface area contributed by atoms with Gasteiger partial charge in [0.25, 0.3) is 11.8 Å². The predicted molar refractivity (Wildman–Crippen MR) is 151 cm³/mol. The molecule has 0 radical (unpaired) electrons. The first-order valence-electron chi connectivity index (χ1n) is 13.3. The van der Waals surface area contributed by atoms with Crippen molar-refractivity contribution >= 4 is 23.8 Å². The minimum Gasteiger partial charge on any atom is -0.348 e. The summed E-state index contributed by atoms with van der Waals surface area (Å²) in [4.78, 5) is 35.5. The van der Waals surface area contributed by atoms with Crippen LogP contribution < -0.4 is 5.32 Å². The number of rotatable bonds is 7. The summed E-state index contributed by atoms with van der Waals surface area (Å²) in [5.41, 5.74) is 2.69. The molecule has 1 N–H and O–H groups in total. The van der Waals surface area contributed by atoms with E-state index < -0.39 is 0 Å². The van der Waals surface area contributed by atoms with Crippen molar-refractivity contribution in [1.29, 1.82) is 5.26 Å². The summed E-state index contributed by atoms with van der Waals surface area (Å²) in [6, 6.07) is 23.5. The number of carbonyl (C=O) groups excluding carboxylic acids is 2. The summed E-state index contributed by atoms with van der Waals surface area (Å²) in [5.74, 6) is -0.250. The van der Waals surface area contributed by atoms with Crippen LogP contribution in [0.4, 0.5) is 0 Å². The van der Waals surface area contributed by atoms with Crippen molar-refractivity contribution in [3.8, 4) is 6.07 Å². The summed E-state index contributed by atoms with van der Waals surface area (Å²) in [6.45, 7) is 5.53. The molecule has 9 heteroatoms. The predicted octanol–water partition coefficient (Wildman–Crippen LogP) is 3.81. The van der Waals surface area contributed by atoms with Gasteiger partial charge in [-0.1, -0.05) is 30.3 Å². The van der Waals surface area contributed by atoms with Crippen LogP contribution in [0.1, 0.15) is 44.8 Å². The lowest BCUT2D eigenvalue weighted by Gasteiger charge is -2.33. The minimum absolute atomic E-state index is 0.0477. The lowest BCUT2D eigenvalue weighted by molar-refractivity contribution is 0.0702. The molecule has 2 aromatic carbocycles. The van der Waals surface area contributed by atoms with E-state index in [0.717, 1.165) is 45.6 Å². The number of hydrogen-bond acceptors (Lipinski definition) is 7. The smallest absolute Gasteiger partial charge is 0.270 e. The number of carbonyl (C=O) groups is 2. The molecule has 0 spiro atoms. The Balaban J connectivity index is 1.05. The highest BCUT2D eigenvalue weighted by molar-refractivity contribution is 7.97. The first-order valence-corrected chi connectivity index (χ1v) is 14.1. The fourth-order valence-corrected chi connectivity index (χ4v) is 5.81. The number of nitrogens with one attached hydrogen (secondary N) is 1. The Labute approximate surface area is 233 Å². The van der Waals surface area contributed by atoms with E-state index in [-0.39, 0.29) is 17.9 Å². The number of likely N-dealkylation sites (tertiary alicyclic amines) is 1. The SMILES string of the molecule is N#Cc1ccc(CN2CCC(NC(=O)c3ccc(C(=O)N4CCN(Sc5ccccc5)CC4)cn3)CC2)cc1. The third-order valence-corrected chi connectivity index (χ3v) is 8.26. The van der Waals surface area contributed by atoms with Gasteiger partial charge in [-0.15, -0.1) is 0 Å². The third-order valence-electron chi connectivity index (χ3n) is 7.16. The Kier molecular flexibility index (Phi) is 8.89. The fourth-order valence-electron chi connectivity index (χ4n) is 4.89. The number of aromatic nitrogens is 1. The van der Waals surface area contributed by atoms with Crippen LogP contribution in [0.5, 0.6) is 0 Å². The number of hydrogen-bond donors (Lipinski definition) is 1. The standard InChI is InChI=1S/C30H32N6O2S/c31-20-23-6-8-24(9-7-23)22-34-14-12-26(13-15-34)33-29(37)28-11-10-25(21-32-28)30(38)35-16-18-36(19-17-35)39-27-4-2-1-3-5-27/h1-11,21,26H,12-19,22H2,(H,33,37). The van der Waals surface area contributed by atoms with Gasteiger partial charge in [0.05, 0.1) is 17.2 Å². The molecule has 1 aromatic heterocycles. The van der Waals surface area contributed by atoms with Crippen molar-refractivity contribution in [2.45, 2.75) is 30.3 Å². The van der Waals surface area contributed by atoms with Crippen LogP contribution in [0.3, 0.4) is 0 Å². The molecule has 0 aliphatic carbocycles. The van der Waals surface area contributed by atoms with E-state index in [1.165, 1.54) is 16.7 Å². The fraction of sp³-hybridized carbons (Fsp3) is 0.333. The van der Waals surface area contributed by atoms with E-state index in [2.05, 4.69) is 37.7 Å². The zero-order valence-corrected chi connectivity index (χ0v) is 22.6. The van der Waals surface area contributed by atoms with Crippen molar-refractivity contribution in [2.75, 3.05) is 39.3 Å². The average molecular weight is 541 g/mol. The molecule has 200 valence electrons. The Morgan fingerprint density at radius 1 is 0.923 bits per heavy atom. The van der Waals surface area contributed by atoms with Crippen LogP contribution in [-0.4, -0.2) is 76.2 Å². The van der Waals surface area contributed by atoms with Gasteiger partial charge >= 0.3 is 0 Å². The van der Waals surface area contributed by atoms with Crippen LogP contribution in [0.25, 0.3) is 0 Å². The molecule has 3 heterocycles. The van der Waals surface area contributed by atoms with E-state index in [1.807, 2.05) is 47.4 Å². The van der Waals surface area contributed by atoms with Crippen LogP contribution in [-0.2, 0) is 6.54 Å². The van der Waals surface area contributed by atoms with Crippen molar-refractivity contribution in [2.24, 2.45) is 0 Å². The second-order valence-electron chi connectivity index (χ2n) is 9.89. The van der Waals surface area contributed by atoms with E-state index in [9.17, 15) is 9.59 Å². The molecule has 2 fully saturated rings. The highest BCUT2D eigenvalue weighted by Crippen LogP contribution is 2.24. The van der Waals surface area contributed by atoms with Gasteiger partial charge in [-0.2, -0.15) is 5.26 Å². The Bertz CT molecular complexity index is 1290. The van der Waals surface area contributed by atoms with Crippen molar-refractivity contribution in [1.82, 2.24) is 24.4 Å². The lowest BCUT2D eigenvalue weighted by Crippen LogP contribution is -2.46. The minimum atomic E-state index is -0.203. The zero-order valence-electron chi connectivity index (χ0n) is 21.8. The summed E-state index contributed by atoms with van der Waals surface area (Å²) >= 11 is 1.72. The monoisotopic (exact) mass is 540 g/mol. The molecule has 0 atom stereocenters. The molecule has 0 saturated carbocycles. The highest BCUT2D eigenvalue weighted by Gasteiger charge is 2.24. The van der Waals surface area contributed by atoms with E-state index >= 15 is 0 Å². The van der Waals surface area contributed by atoms with Crippen molar-refractivity contribution in [3.05, 3.63) is 95.3 Å². The van der Waals surface area contributed by atoms with Crippen LogP contribution in [0.2, 0.25) is 0 Å². The maximum absolute atomic E-state index is 13.0. The van der Waals surface area contributed by atoms with Gasteiger partial charge in [-0.25, -0.2) is 4.31 Å².